The number of nitrogens with zero attached hydrogens (tertiary/aromatic N) is 1. The van der Waals surface area contributed by atoms with Crippen LogP contribution in [-0.4, -0.2) is 25.2 Å². The molecule has 0 radical (unpaired) electrons. The van der Waals surface area contributed by atoms with Crippen LogP contribution in [0.15, 0.2) is 40.1 Å². The Kier molecular flexibility index (Phi) is 4.72. The molecule has 1 aliphatic carbocycles. The summed E-state index contributed by atoms with van der Waals surface area (Å²) in [5.41, 5.74) is 3.66. The van der Waals surface area contributed by atoms with Gasteiger partial charge in [-0.2, -0.15) is 0 Å². The first-order chi connectivity index (χ1) is 9.17. The molecular formula is C16H23NO2. The summed E-state index contributed by atoms with van der Waals surface area (Å²) in [5.74, 6) is -0.344. The number of hydrogen-bond donors (Lipinski definition) is 0. The van der Waals surface area contributed by atoms with Gasteiger partial charge in [0.25, 0.3) is 0 Å². The quantitative estimate of drug-likeness (QED) is 0.724. The Labute approximate surface area is 115 Å². The molecule has 3 nitrogen and oxygen atoms in total. The lowest BCUT2D eigenvalue weighted by molar-refractivity contribution is -0.161. The summed E-state index contributed by atoms with van der Waals surface area (Å²) in [6.07, 6.45) is 10.7. The minimum absolute atomic E-state index is 0.344. The van der Waals surface area contributed by atoms with Crippen molar-refractivity contribution in [3.05, 3.63) is 35.1 Å². The van der Waals surface area contributed by atoms with Gasteiger partial charge in [-0.3, -0.25) is 4.99 Å². The molecule has 0 N–H and O–H groups in total. The third-order valence-electron chi connectivity index (χ3n) is 3.51. The Hall–Kier alpha value is -1.19. The molecule has 0 bridgehead atoms. The van der Waals surface area contributed by atoms with Crippen LogP contribution in [0.5, 0.6) is 0 Å². The summed E-state index contributed by atoms with van der Waals surface area (Å²) in [7, 11) is 0. The van der Waals surface area contributed by atoms with Crippen LogP contribution in [0.3, 0.4) is 0 Å². The van der Waals surface area contributed by atoms with Crippen molar-refractivity contribution in [3.63, 3.8) is 0 Å². The van der Waals surface area contributed by atoms with Crippen LogP contribution in [0.25, 0.3) is 0 Å². The fourth-order valence-electron chi connectivity index (χ4n) is 2.52. The van der Waals surface area contributed by atoms with Gasteiger partial charge in [0.15, 0.2) is 5.79 Å². The Bertz CT molecular complexity index is 434. The van der Waals surface area contributed by atoms with Gasteiger partial charge < -0.3 is 9.47 Å². The maximum absolute atomic E-state index is 5.74. The molecule has 104 valence electrons. The number of hydrogen-bond acceptors (Lipinski definition) is 3. The molecule has 1 spiro atoms. The maximum Gasteiger partial charge on any atom is 0.172 e. The first-order valence-electron chi connectivity index (χ1n) is 6.97. The minimum atomic E-state index is -0.344. The highest BCUT2D eigenvalue weighted by atomic mass is 16.7. The summed E-state index contributed by atoms with van der Waals surface area (Å²) in [5, 5.41) is 0. The maximum atomic E-state index is 5.74. The normalized spacial score (nSPS) is 22.4. The minimum Gasteiger partial charge on any atom is -0.347 e. The SMILES string of the molecule is C/C=C\C=NC(C1=CCC2(CC1)OCCO2)=C(C)C. The van der Waals surface area contributed by atoms with Crippen LogP contribution in [0.1, 0.15) is 40.0 Å². The molecule has 19 heavy (non-hydrogen) atoms. The van der Waals surface area contributed by atoms with Gasteiger partial charge in [-0.25, -0.2) is 0 Å². The average molecular weight is 261 g/mol. The third kappa shape index (κ3) is 3.43. The lowest BCUT2D eigenvalue weighted by Crippen LogP contribution is -2.31. The van der Waals surface area contributed by atoms with Gasteiger partial charge in [0.1, 0.15) is 0 Å². The first kappa shape index (κ1) is 14.2. The lowest BCUT2D eigenvalue weighted by Gasteiger charge is -2.30. The molecule has 0 saturated carbocycles. The van der Waals surface area contributed by atoms with E-state index in [2.05, 4.69) is 24.9 Å². The van der Waals surface area contributed by atoms with Crippen molar-refractivity contribution in [1.82, 2.24) is 0 Å². The van der Waals surface area contributed by atoms with E-state index < -0.39 is 0 Å². The van der Waals surface area contributed by atoms with Crippen molar-refractivity contribution in [2.75, 3.05) is 13.2 Å². The molecule has 1 aliphatic heterocycles. The van der Waals surface area contributed by atoms with Crippen molar-refractivity contribution in [3.8, 4) is 0 Å². The zero-order chi connectivity index (χ0) is 13.7. The number of ether oxygens (including phenoxy) is 2. The van der Waals surface area contributed by atoms with Crippen molar-refractivity contribution in [2.45, 2.75) is 45.8 Å². The molecule has 0 unspecified atom stereocenters. The average Bonchev–Trinajstić information content (AvgIpc) is 2.84. The van der Waals surface area contributed by atoms with E-state index in [0.717, 1.165) is 38.2 Å². The van der Waals surface area contributed by atoms with Gasteiger partial charge in [-0.05, 0) is 38.8 Å². The Morgan fingerprint density at radius 1 is 1.32 bits per heavy atom. The highest BCUT2D eigenvalue weighted by molar-refractivity contribution is 5.72. The summed E-state index contributed by atoms with van der Waals surface area (Å²) in [6.45, 7) is 7.65. The van der Waals surface area contributed by atoms with Crippen LogP contribution in [0.2, 0.25) is 0 Å². The highest BCUT2D eigenvalue weighted by Crippen LogP contribution is 2.37. The first-order valence-corrected chi connectivity index (χ1v) is 6.97. The van der Waals surface area contributed by atoms with Gasteiger partial charge in [-0.15, -0.1) is 0 Å². The Morgan fingerprint density at radius 2 is 2.05 bits per heavy atom. The van der Waals surface area contributed by atoms with Gasteiger partial charge in [-0.1, -0.05) is 17.7 Å². The zero-order valence-electron chi connectivity index (χ0n) is 12.1. The van der Waals surface area contributed by atoms with Crippen LogP contribution < -0.4 is 0 Å². The second-order valence-electron chi connectivity index (χ2n) is 5.19. The van der Waals surface area contributed by atoms with Crippen LogP contribution in [0, 0.1) is 0 Å². The van der Waals surface area contributed by atoms with Crippen LogP contribution >= 0.6 is 0 Å². The van der Waals surface area contributed by atoms with Crippen molar-refractivity contribution in [2.24, 2.45) is 4.99 Å². The molecule has 0 atom stereocenters. The van der Waals surface area contributed by atoms with E-state index in [1.165, 1.54) is 11.1 Å². The van der Waals surface area contributed by atoms with Crippen molar-refractivity contribution < 1.29 is 9.47 Å². The van der Waals surface area contributed by atoms with Gasteiger partial charge in [0.05, 0.1) is 18.9 Å². The Balaban J connectivity index is 2.12. The standard InChI is InChI=1S/C16H23NO2/c1-4-5-10-17-15(13(2)3)14-6-8-16(9-7-14)18-11-12-19-16/h4-6,10H,7-9,11-12H2,1-3H3/b5-4-,17-10?. The smallest absolute Gasteiger partial charge is 0.172 e. The van der Waals surface area contributed by atoms with E-state index in [0.29, 0.717) is 0 Å². The Morgan fingerprint density at radius 3 is 2.58 bits per heavy atom. The summed E-state index contributed by atoms with van der Waals surface area (Å²) >= 11 is 0. The molecule has 1 fully saturated rings. The van der Waals surface area contributed by atoms with Gasteiger partial charge in [0, 0.05) is 19.1 Å². The zero-order valence-corrected chi connectivity index (χ0v) is 12.1. The molecular weight excluding hydrogens is 238 g/mol. The number of aliphatic imine (C=N–C) groups is 1. The van der Waals surface area contributed by atoms with Crippen LogP contribution in [0.4, 0.5) is 0 Å². The molecule has 3 heteroatoms. The molecule has 0 aromatic carbocycles. The molecule has 0 aromatic heterocycles. The molecule has 2 aliphatic rings. The summed E-state index contributed by atoms with van der Waals surface area (Å²) in [6, 6.07) is 0. The van der Waals surface area contributed by atoms with E-state index in [9.17, 15) is 0 Å². The fraction of sp³-hybridized carbons (Fsp3) is 0.562. The predicted molar refractivity (Wildman–Crippen MR) is 78.2 cm³/mol. The van der Waals surface area contributed by atoms with E-state index in [1.54, 1.807) is 0 Å². The van der Waals surface area contributed by atoms with Crippen molar-refractivity contribution in [1.29, 1.82) is 0 Å². The molecule has 1 heterocycles. The third-order valence-corrected chi connectivity index (χ3v) is 3.51. The van der Waals surface area contributed by atoms with Gasteiger partial charge in [0.2, 0.25) is 0 Å². The summed E-state index contributed by atoms with van der Waals surface area (Å²) < 4.78 is 11.5. The monoisotopic (exact) mass is 261 g/mol. The molecule has 2 rings (SSSR count). The van der Waals surface area contributed by atoms with E-state index in [-0.39, 0.29) is 5.79 Å². The molecule has 1 saturated heterocycles. The molecule has 0 aromatic rings. The second kappa shape index (κ2) is 6.31. The van der Waals surface area contributed by atoms with E-state index in [4.69, 9.17) is 9.47 Å². The second-order valence-corrected chi connectivity index (χ2v) is 5.19. The fourth-order valence-corrected chi connectivity index (χ4v) is 2.52. The largest absolute Gasteiger partial charge is 0.347 e. The predicted octanol–water partition coefficient (Wildman–Crippen LogP) is 3.78. The van der Waals surface area contributed by atoms with Crippen LogP contribution in [-0.2, 0) is 9.47 Å². The van der Waals surface area contributed by atoms with E-state index in [1.807, 2.05) is 25.3 Å². The number of rotatable bonds is 3. The van der Waals surface area contributed by atoms with Gasteiger partial charge >= 0.3 is 0 Å². The topological polar surface area (TPSA) is 30.8 Å². The lowest BCUT2D eigenvalue weighted by atomic mass is 9.91. The number of allylic oxidation sites excluding steroid dienone is 4. The summed E-state index contributed by atoms with van der Waals surface area (Å²) in [4.78, 5) is 4.57. The highest BCUT2D eigenvalue weighted by Gasteiger charge is 2.37. The van der Waals surface area contributed by atoms with E-state index >= 15 is 0 Å². The van der Waals surface area contributed by atoms with Crippen molar-refractivity contribution >= 4 is 6.21 Å². The molecule has 0 amide bonds.